The fourth-order valence-corrected chi connectivity index (χ4v) is 4.65. The van der Waals surface area contributed by atoms with Gasteiger partial charge in [-0.25, -0.2) is 0 Å². The quantitative estimate of drug-likeness (QED) is 0.219. The number of unbranched alkanes of at least 4 members (excludes halogenated alkanes) is 3. The van der Waals surface area contributed by atoms with Gasteiger partial charge in [-0.15, -0.1) is 0 Å². The van der Waals surface area contributed by atoms with Crippen LogP contribution in [0.2, 0.25) is 0 Å². The molecule has 0 aliphatic rings. The van der Waals surface area contributed by atoms with Gasteiger partial charge in [0.2, 0.25) is 0 Å². The van der Waals surface area contributed by atoms with Crippen LogP contribution in [0.5, 0.6) is 5.75 Å². The standard InChI is InChI=1S/C34H43NO4/c1-6-7-8-9-10-31(39-29-18-13-26(14-19-29)33(38)35-22-21-32(36)37)27-15-20-30(24(2)23-27)25-11-16-28(17-12-25)34(3,4)5/h11-20,23,31H,6-10,21-22H2,1-5H3,(H,35,38)(H,36,37)/t31-/m1/s1. The maximum absolute atomic E-state index is 12.3. The molecular weight excluding hydrogens is 486 g/mol. The molecule has 5 heteroatoms. The first kappa shape index (κ1) is 29.9. The largest absolute Gasteiger partial charge is 0.486 e. The van der Waals surface area contributed by atoms with E-state index < -0.39 is 5.97 Å². The Bertz CT molecular complexity index is 1220. The van der Waals surface area contributed by atoms with E-state index in [1.165, 1.54) is 41.5 Å². The fraction of sp³-hybridized carbons (Fsp3) is 0.412. The first-order valence-electron chi connectivity index (χ1n) is 14.1. The van der Waals surface area contributed by atoms with Crippen LogP contribution in [-0.4, -0.2) is 23.5 Å². The van der Waals surface area contributed by atoms with Crippen molar-refractivity contribution >= 4 is 11.9 Å². The Morgan fingerprint density at radius 3 is 2.21 bits per heavy atom. The monoisotopic (exact) mass is 529 g/mol. The average molecular weight is 530 g/mol. The van der Waals surface area contributed by atoms with Crippen LogP contribution in [0.1, 0.15) is 99.4 Å². The van der Waals surface area contributed by atoms with Crippen molar-refractivity contribution in [3.8, 4) is 16.9 Å². The lowest BCUT2D eigenvalue weighted by Gasteiger charge is -2.22. The molecule has 0 fully saturated rings. The zero-order valence-corrected chi connectivity index (χ0v) is 24.0. The van der Waals surface area contributed by atoms with Crippen LogP contribution in [0.25, 0.3) is 11.1 Å². The highest BCUT2D eigenvalue weighted by atomic mass is 16.5. The molecule has 5 nitrogen and oxygen atoms in total. The lowest BCUT2D eigenvalue weighted by Crippen LogP contribution is -2.25. The molecular formula is C34H43NO4. The van der Waals surface area contributed by atoms with Crippen molar-refractivity contribution in [3.63, 3.8) is 0 Å². The molecule has 0 saturated heterocycles. The van der Waals surface area contributed by atoms with Gasteiger partial charge in [-0.1, -0.05) is 89.4 Å². The number of benzene rings is 3. The molecule has 1 atom stereocenters. The molecule has 0 heterocycles. The van der Waals surface area contributed by atoms with Crippen molar-refractivity contribution in [1.82, 2.24) is 5.32 Å². The number of aryl methyl sites for hydroxylation is 1. The summed E-state index contributed by atoms with van der Waals surface area (Å²) in [7, 11) is 0. The molecule has 208 valence electrons. The molecule has 0 aromatic heterocycles. The second-order valence-corrected chi connectivity index (χ2v) is 11.3. The highest BCUT2D eigenvalue weighted by Gasteiger charge is 2.17. The summed E-state index contributed by atoms with van der Waals surface area (Å²) >= 11 is 0. The summed E-state index contributed by atoms with van der Waals surface area (Å²) < 4.78 is 6.47. The van der Waals surface area contributed by atoms with Crippen molar-refractivity contribution in [2.75, 3.05) is 6.54 Å². The third-order valence-electron chi connectivity index (χ3n) is 7.02. The first-order valence-corrected chi connectivity index (χ1v) is 14.1. The van der Waals surface area contributed by atoms with Gasteiger partial charge in [0.25, 0.3) is 5.91 Å². The molecule has 1 amide bonds. The van der Waals surface area contributed by atoms with E-state index in [-0.39, 0.29) is 30.4 Å². The van der Waals surface area contributed by atoms with E-state index >= 15 is 0 Å². The topological polar surface area (TPSA) is 75.6 Å². The van der Waals surface area contributed by atoms with Crippen LogP contribution < -0.4 is 10.1 Å². The Labute approximate surface area is 233 Å². The predicted molar refractivity (Wildman–Crippen MR) is 158 cm³/mol. The second-order valence-electron chi connectivity index (χ2n) is 11.3. The fourth-order valence-electron chi connectivity index (χ4n) is 4.65. The number of carbonyl (C=O) groups excluding carboxylic acids is 1. The van der Waals surface area contributed by atoms with Crippen molar-refractivity contribution in [3.05, 3.63) is 89.0 Å². The van der Waals surface area contributed by atoms with Crippen LogP contribution in [0.3, 0.4) is 0 Å². The smallest absolute Gasteiger partial charge is 0.305 e. The molecule has 0 radical (unpaired) electrons. The van der Waals surface area contributed by atoms with Gasteiger partial charge >= 0.3 is 5.97 Å². The normalized spacial score (nSPS) is 12.1. The Hall–Kier alpha value is -3.60. The minimum Gasteiger partial charge on any atom is -0.486 e. The summed E-state index contributed by atoms with van der Waals surface area (Å²) in [6.07, 6.45) is 5.36. The van der Waals surface area contributed by atoms with E-state index in [1.807, 2.05) is 12.1 Å². The average Bonchev–Trinajstić information content (AvgIpc) is 2.90. The van der Waals surface area contributed by atoms with Crippen molar-refractivity contribution < 1.29 is 19.4 Å². The van der Waals surface area contributed by atoms with Gasteiger partial charge in [-0.3, -0.25) is 9.59 Å². The summed E-state index contributed by atoms with van der Waals surface area (Å²) in [4.78, 5) is 23.0. The zero-order valence-electron chi connectivity index (χ0n) is 24.0. The Morgan fingerprint density at radius 1 is 0.923 bits per heavy atom. The number of nitrogens with one attached hydrogen (secondary N) is 1. The van der Waals surface area contributed by atoms with E-state index in [9.17, 15) is 9.59 Å². The second kappa shape index (κ2) is 14.0. The summed E-state index contributed by atoms with van der Waals surface area (Å²) in [5, 5.41) is 11.4. The van der Waals surface area contributed by atoms with Gasteiger partial charge in [0.15, 0.2) is 0 Å². The number of amides is 1. The summed E-state index contributed by atoms with van der Waals surface area (Å²) in [5.74, 6) is -0.525. The highest BCUT2D eigenvalue weighted by molar-refractivity contribution is 5.94. The number of aliphatic carboxylic acids is 1. The number of rotatable bonds is 13. The van der Waals surface area contributed by atoms with Crippen LogP contribution >= 0.6 is 0 Å². The molecule has 0 spiro atoms. The molecule has 3 aromatic carbocycles. The van der Waals surface area contributed by atoms with Crippen molar-refractivity contribution in [1.29, 1.82) is 0 Å². The number of ether oxygens (including phenoxy) is 1. The lowest BCUT2D eigenvalue weighted by atomic mass is 9.86. The zero-order chi connectivity index (χ0) is 28.4. The third kappa shape index (κ3) is 8.98. The molecule has 3 aromatic rings. The van der Waals surface area contributed by atoms with Crippen LogP contribution in [0.4, 0.5) is 0 Å². The van der Waals surface area contributed by atoms with Crippen LogP contribution in [0.15, 0.2) is 66.7 Å². The predicted octanol–water partition coefficient (Wildman–Crippen LogP) is 8.25. The summed E-state index contributed by atoms with van der Waals surface area (Å²) in [6.45, 7) is 11.2. The third-order valence-corrected chi connectivity index (χ3v) is 7.02. The highest BCUT2D eigenvalue weighted by Crippen LogP contribution is 2.32. The Kier molecular flexibility index (Phi) is 10.7. The van der Waals surface area contributed by atoms with Gasteiger partial charge in [-0.2, -0.15) is 0 Å². The molecule has 0 saturated carbocycles. The Morgan fingerprint density at radius 2 is 1.62 bits per heavy atom. The maximum Gasteiger partial charge on any atom is 0.305 e. The maximum atomic E-state index is 12.3. The molecule has 0 aliphatic heterocycles. The van der Waals surface area contributed by atoms with Crippen LogP contribution in [-0.2, 0) is 10.2 Å². The van der Waals surface area contributed by atoms with Gasteiger partial charge < -0.3 is 15.2 Å². The lowest BCUT2D eigenvalue weighted by molar-refractivity contribution is -0.136. The van der Waals surface area contributed by atoms with E-state index in [4.69, 9.17) is 9.84 Å². The van der Waals surface area contributed by atoms with Gasteiger partial charge in [0.05, 0.1) is 6.42 Å². The molecule has 0 aliphatic carbocycles. The first-order chi connectivity index (χ1) is 18.6. The van der Waals surface area contributed by atoms with Crippen LogP contribution in [0, 0.1) is 6.92 Å². The Balaban J connectivity index is 1.76. The number of carboxylic acid groups (broad SMARTS) is 1. The van der Waals surface area contributed by atoms with Gasteiger partial charge in [-0.05, 0) is 77.3 Å². The van der Waals surface area contributed by atoms with E-state index in [0.29, 0.717) is 11.3 Å². The number of carboxylic acids is 1. The summed E-state index contributed by atoms with van der Waals surface area (Å²) in [6, 6.07) is 22.5. The van der Waals surface area contributed by atoms with Gasteiger partial charge in [0.1, 0.15) is 11.9 Å². The summed E-state index contributed by atoms with van der Waals surface area (Å²) in [5.41, 5.74) is 6.73. The molecule has 3 rings (SSSR count). The van der Waals surface area contributed by atoms with Crippen molar-refractivity contribution in [2.24, 2.45) is 0 Å². The molecule has 2 N–H and O–H groups in total. The van der Waals surface area contributed by atoms with E-state index in [2.05, 4.69) is 82.4 Å². The molecule has 0 bridgehead atoms. The number of hydrogen-bond donors (Lipinski definition) is 2. The number of carbonyl (C=O) groups is 2. The minimum atomic E-state index is -0.939. The molecule has 39 heavy (non-hydrogen) atoms. The van der Waals surface area contributed by atoms with Gasteiger partial charge in [0, 0.05) is 12.1 Å². The van der Waals surface area contributed by atoms with E-state index in [0.717, 1.165) is 18.4 Å². The minimum absolute atomic E-state index is 0.0897. The van der Waals surface area contributed by atoms with Crippen molar-refractivity contribution in [2.45, 2.75) is 84.7 Å². The SMILES string of the molecule is CCCCCC[C@@H](Oc1ccc(C(=O)NCCC(=O)O)cc1)c1ccc(-c2ccc(C(C)(C)C)cc2)c(C)c1. The molecule has 0 unspecified atom stereocenters. The van der Waals surface area contributed by atoms with E-state index in [1.54, 1.807) is 12.1 Å². The number of hydrogen-bond acceptors (Lipinski definition) is 3.